The molecule has 2 rings (SSSR count). The Morgan fingerprint density at radius 2 is 1.30 bits per heavy atom. The number of rotatable bonds is 3. The molecular formula is C20H35NO2. The van der Waals surface area contributed by atoms with Crippen molar-refractivity contribution in [1.82, 2.24) is 5.32 Å². The highest BCUT2D eigenvalue weighted by molar-refractivity contribution is 5.93. The van der Waals surface area contributed by atoms with Crippen LogP contribution in [0.4, 0.5) is 0 Å². The summed E-state index contributed by atoms with van der Waals surface area (Å²) >= 11 is 0. The Morgan fingerprint density at radius 3 is 1.70 bits per heavy atom. The van der Waals surface area contributed by atoms with E-state index in [-0.39, 0.29) is 28.9 Å². The van der Waals surface area contributed by atoms with E-state index in [4.69, 9.17) is 0 Å². The molecule has 0 aromatic rings. The van der Waals surface area contributed by atoms with Gasteiger partial charge in [-0.2, -0.15) is 0 Å². The van der Waals surface area contributed by atoms with Gasteiger partial charge in [-0.05, 0) is 49.9 Å². The van der Waals surface area contributed by atoms with Crippen LogP contribution >= 0.6 is 0 Å². The molecule has 0 spiro atoms. The molecule has 3 heteroatoms. The SMILES string of the molecule is CC(C)(C)C(=O)[C@@H]1CC[C@@H]1C(=O)NC1CCC(C(C)(C)C)CC1. The number of carbonyl (C=O) groups is 2. The van der Waals surface area contributed by atoms with Gasteiger partial charge in [0.25, 0.3) is 0 Å². The average Bonchev–Trinajstić information content (AvgIpc) is 2.35. The molecule has 0 unspecified atom stereocenters. The van der Waals surface area contributed by atoms with Crippen LogP contribution in [0.1, 0.15) is 80.1 Å². The zero-order valence-electron chi connectivity index (χ0n) is 15.9. The van der Waals surface area contributed by atoms with Gasteiger partial charge >= 0.3 is 0 Å². The van der Waals surface area contributed by atoms with E-state index in [2.05, 4.69) is 26.1 Å². The van der Waals surface area contributed by atoms with Gasteiger partial charge in [-0.25, -0.2) is 0 Å². The van der Waals surface area contributed by atoms with E-state index in [1.54, 1.807) is 0 Å². The Bertz CT molecular complexity index is 447. The van der Waals surface area contributed by atoms with Crippen LogP contribution in [0.25, 0.3) is 0 Å². The highest BCUT2D eigenvalue weighted by atomic mass is 16.2. The summed E-state index contributed by atoms with van der Waals surface area (Å²) in [5.41, 5.74) is 0.0293. The third-order valence-electron chi connectivity index (χ3n) is 5.99. The van der Waals surface area contributed by atoms with Crippen molar-refractivity contribution >= 4 is 11.7 Å². The first-order valence-corrected chi connectivity index (χ1v) is 9.35. The van der Waals surface area contributed by atoms with Crippen molar-refractivity contribution in [1.29, 1.82) is 0 Å². The molecule has 2 aliphatic rings. The van der Waals surface area contributed by atoms with Crippen LogP contribution in [-0.2, 0) is 9.59 Å². The largest absolute Gasteiger partial charge is 0.353 e. The minimum atomic E-state index is -0.339. The predicted molar refractivity (Wildman–Crippen MR) is 94.0 cm³/mol. The zero-order chi connectivity index (χ0) is 17.4. The molecule has 132 valence electrons. The molecule has 0 aromatic heterocycles. The summed E-state index contributed by atoms with van der Waals surface area (Å²) < 4.78 is 0. The zero-order valence-corrected chi connectivity index (χ0v) is 15.9. The fourth-order valence-corrected chi connectivity index (χ4v) is 4.10. The number of hydrogen-bond acceptors (Lipinski definition) is 2. The third kappa shape index (κ3) is 4.36. The summed E-state index contributed by atoms with van der Waals surface area (Å²) in [4.78, 5) is 25.0. The first-order valence-electron chi connectivity index (χ1n) is 9.35. The van der Waals surface area contributed by atoms with Gasteiger partial charge in [0.1, 0.15) is 5.78 Å². The highest BCUT2D eigenvalue weighted by Gasteiger charge is 2.45. The molecule has 3 nitrogen and oxygen atoms in total. The van der Waals surface area contributed by atoms with Crippen molar-refractivity contribution in [3.63, 3.8) is 0 Å². The molecule has 0 bridgehead atoms. The lowest BCUT2D eigenvalue weighted by Gasteiger charge is -2.40. The van der Waals surface area contributed by atoms with Crippen molar-refractivity contribution in [2.24, 2.45) is 28.6 Å². The summed E-state index contributed by atoms with van der Waals surface area (Å²) in [7, 11) is 0. The van der Waals surface area contributed by atoms with E-state index in [0.29, 0.717) is 11.5 Å². The summed E-state index contributed by atoms with van der Waals surface area (Å²) in [6, 6.07) is 0.312. The van der Waals surface area contributed by atoms with Gasteiger partial charge in [-0.15, -0.1) is 0 Å². The van der Waals surface area contributed by atoms with Crippen molar-refractivity contribution in [3.8, 4) is 0 Å². The van der Waals surface area contributed by atoms with E-state index >= 15 is 0 Å². The van der Waals surface area contributed by atoms with Crippen molar-refractivity contribution in [2.75, 3.05) is 0 Å². The van der Waals surface area contributed by atoms with Gasteiger partial charge < -0.3 is 5.32 Å². The van der Waals surface area contributed by atoms with Gasteiger partial charge in [0.2, 0.25) is 5.91 Å². The maximum Gasteiger partial charge on any atom is 0.224 e. The van der Waals surface area contributed by atoms with Crippen LogP contribution in [0.5, 0.6) is 0 Å². The van der Waals surface area contributed by atoms with E-state index in [1.807, 2.05) is 20.8 Å². The van der Waals surface area contributed by atoms with Gasteiger partial charge in [0.05, 0.1) is 0 Å². The molecule has 0 aliphatic heterocycles. The molecule has 1 N–H and O–H groups in total. The Balaban J connectivity index is 1.83. The van der Waals surface area contributed by atoms with Crippen LogP contribution in [0, 0.1) is 28.6 Å². The molecule has 1 amide bonds. The Labute approximate surface area is 142 Å². The second-order valence-corrected chi connectivity index (χ2v) is 9.83. The fourth-order valence-electron chi connectivity index (χ4n) is 4.10. The maximum absolute atomic E-state index is 12.6. The molecule has 2 aliphatic carbocycles. The standard InChI is InChI=1S/C20H35NO2/c1-19(2,3)13-7-9-14(10-8-13)21-18(23)16-12-11-15(16)17(22)20(4,5)6/h13-16H,7-12H2,1-6H3,(H,21,23)/t13?,14?,15-,16+/m1/s1. The van der Waals surface area contributed by atoms with E-state index in [0.717, 1.165) is 31.6 Å². The molecule has 2 fully saturated rings. The van der Waals surface area contributed by atoms with Gasteiger partial charge in [0.15, 0.2) is 0 Å². The van der Waals surface area contributed by atoms with Gasteiger partial charge in [-0.3, -0.25) is 9.59 Å². The van der Waals surface area contributed by atoms with Crippen LogP contribution in [0.15, 0.2) is 0 Å². The first kappa shape index (κ1) is 18.5. The topological polar surface area (TPSA) is 46.2 Å². The molecule has 0 saturated heterocycles. The number of hydrogen-bond donors (Lipinski definition) is 1. The Hall–Kier alpha value is -0.860. The Morgan fingerprint density at radius 1 is 0.783 bits per heavy atom. The van der Waals surface area contributed by atoms with Crippen molar-refractivity contribution in [3.05, 3.63) is 0 Å². The second kappa shape index (κ2) is 6.57. The lowest BCUT2D eigenvalue weighted by molar-refractivity contribution is -0.144. The van der Waals surface area contributed by atoms with Crippen LogP contribution < -0.4 is 5.32 Å². The van der Waals surface area contributed by atoms with Crippen molar-refractivity contribution < 1.29 is 9.59 Å². The van der Waals surface area contributed by atoms with Crippen LogP contribution in [0.3, 0.4) is 0 Å². The minimum Gasteiger partial charge on any atom is -0.353 e. The molecule has 0 heterocycles. The molecule has 0 aromatic carbocycles. The fraction of sp³-hybridized carbons (Fsp3) is 0.900. The monoisotopic (exact) mass is 321 g/mol. The van der Waals surface area contributed by atoms with Gasteiger partial charge in [0, 0.05) is 23.3 Å². The number of ketones is 1. The van der Waals surface area contributed by atoms with Gasteiger partial charge in [-0.1, -0.05) is 41.5 Å². The lowest BCUT2D eigenvalue weighted by atomic mass is 9.65. The molecule has 0 radical (unpaired) electrons. The number of carbonyl (C=O) groups excluding carboxylic acids is 2. The molecule has 2 saturated carbocycles. The van der Waals surface area contributed by atoms with Crippen LogP contribution in [0.2, 0.25) is 0 Å². The minimum absolute atomic E-state index is 0.0547. The average molecular weight is 322 g/mol. The second-order valence-electron chi connectivity index (χ2n) is 9.83. The maximum atomic E-state index is 12.6. The Kier molecular flexibility index (Phi) is 5.27. The smallest absolute Gasteiger partial charge is 0.224 e. The normalized spacial score (nSPS) is 32.1. The first-order chi connectivity index (χ1) is 10.5. The summed E-state index contributed by atoms with van der Waals surface area (Å²) in [6.07, 6.45) is 6.31. The van der Waals surface area contributed by atoms with E-state index in [1.165, 1.54) is 12.8 Å². The van der Waals surface area contributed by atoms with Crippen molar-refractivity contribution in [2.45, 2.75) is 86.1 Å². The quantitative estimate of drug-likeness (QED) is 0.840. The summed E-state index contributed by atoms with van der Waals surface area (Å²) in [5, 5.41) is 3.24. The number of Topliss-reactive ketones (excluding diaryl/α,β-unsaturated/α-hetero) is 1. The third-order valence-corrected chi connectivity index (χ3v) is 5.99. The summed E-state index contributed by atoms with van der Waals surface area (Å²) in [6.45, 7) is 12.8. The number of nitrogens with one attached hydrogen (secondary N) is 1. The predicted octanol–water partition coefficient (Wildman–Crippen LogP) is 4.35. The molecular weight excluding hydrogens is 286 g/mol. The highest BCUT2D eigenvalue weighted by Crippen LogP contribution is 2.41. The lowest BCUT2D eigenvalue weighted by Crippen LogP contribution is -2.50. The number of amides is 1. The van der Waals surface area contributed by atoms with E-state index in [9.17, 15) is 9.59 Å². The van der Waals surface area contributed by atoms with E-state index < -0.39 is 0 Å². The summed E-state index contributed by atoms with van der Waals surface area (Å²) in [5.74, 6) is 0.996. The molecule has 2 atom stereocenters. The molecule has 23 heavy (non-hydrogen) atoms. The van der Waals surface area contributed by atoms with Crippen LogP contribution in [-0.4, -0.2) is 17.7 Å².